The van der Waals surface area contributed by atoms with Crippen LogP contribution in [0.4, 0.5) is 4.79 Å². The highest BCUT2D eigenvalue weighted by Gasteiger charge is 2.19. The predicted octanol–water partition coefficient (Wildman–Crippen LogP) is 0.203. The van der Waals surface area contributed by atoms with Gasteiger partial charge in [-0.3, -0.25) is 0 Å². The molecular weight excluding hydrogens is 298 g/mol. The van der Waals surface area contributed by atoms with E-state index in [1.807, 2.05) is 30.3 Å². The highest BCUT2D eigenvalue weighted by Crippen LogP contribution is 2.07. The predicted molar refractivity (Wildman–Crippen MR) is 81.4 cm³/mol. The van der Waals surface area contributed by atoms with Gasteiger partial charge in [0.2, 0.25) is 5.95 Å². The zero-order valence-electron chi connectivity index (χ0n) is 12.7. The third-order valence-corrected chi connectivity index (χ3v) is 3.22. The summed E-state index contributed by atoms with van der Waals surface area (Å²) in [6.45, 7) is 0.525. The molecule has 0 aliphatic carbocycles. The average Bonchev–Trinajstić information content (AvgIpc) is 3.14. The highest BCUT2D eigenvalue weighted by molar-refractivity contribution is 5.74. The van der Waals surface area contributed by atoms with E-state index >= 15 is 0 Å². The first kappa shape index (κ1) is 14.7. The number of tetrazole rings is 1. The molecular formula is C14H15N7O2. The van der Waals surface area contributed by atoms with Gasteiger partial charge in [-0.15, -0.1) is 9.36 Å². The van der Waals surface area contributed by atoms with Crippen LogP contribution in [0.5, 0.6) is 0 Å². The van der Waals surface area contributed by atoms with E-state index in [1.165, 1.54) is 19.0 Å². The molecule has 9 heteroatoms. The summed E-state index contributed by atoms with van der Waals surface area (Å²) < 4.78 is 3.46. The van der Waals surface area contributed by atoms with Crippen molar-refractivity contribution in [2.45, 2.75) is 6.54 Å². The normalized spacial score (nSPS) is 10.7. The van der Waals surface area contributed by atoms with Gasteiger partial charge in [-0.25, -0.2) is 14.6 Å². The van der Waals surface area contributed by atoms with E-state index in [0.29, 0.717) is 17.2 Å². The fourth-order valence-electron chi connectivity index (χ4n) is 2.08. The molecule has 3 aromatic rings. The molecule has 1 amide bonds. The molecule has 0 atom stereocenters. The second kappa shape index (κ2) is 5.87. The van der Waals surface area contributed by atoms with Crippen LogP contribution in [0.25, 0.3) is 5.95 Å². The minimum Gasteiger partial charge on any atom is -0.329 e. The van der Waals surface area contributed by atoms with Crippen LogP contribution in [0.3, 0.4) is 0 Å². The van der Waals surface area contributed by atoms with Gasteiger partial charge < -0.3 is 9.47 Å². The Hall–Kier alpha value is -3.23. The lowest BCUT2D eigenvalue weighted by Gasteiger charge is -2.07. The fraction of sp³-hybridized carbons (Fsp3) is 0.214. The number of aromatic nitrogens is 6. The maximum atomic E-state index is 12.3. The number of hydrogen-bond donors (Lipinski definition) is 0. The van der Waals surface area contributed by atoms with Crippen LogP contribution < -0.4 is 5.69 Å². The largest absolute Gasteiger partial charge is 0.380 e. The third-order valence-electron chi connectivity index (χ3n) is 3.22. The number of carbonyl (C=O) groups excluding carboxylic acids is 1. The van der Waals surface area contributed by atoms with E-state index < -0.39 is 11.7 Å². The van der Waals surface area contributed by atoms with Crippen LogP contribution in [0.15, 0.2) is 47.5 Å². The van der Waals surface area contributed by atoms with Crippen LogP contribution in [0.1, 0.15) is 5.56 Å². The van der Waals surface area contributed by atoms with Crippen LogP contribution in [0, 0.1) is 0 Å². The summed E-state index contributed by atoms with van der Waals surface area (Å²) in [6, 6.07) is 9.18. The van der Waals surface area contributed by atoms with Crippen molar-refractivity contribution < 1.29 is 4.79 Å². The number of imidazole rings is 1. The smallest absolute Gasteiger partial charge is 0.329 e. The molecule has 0 radical (unpaired) electrons. The van der Waals surface area contributed by atoms with Gasteiger partial charge in [0.05, 0.1) is 6.54 Å². The van der Waals surface area contributed by atoms with Crippen LogP contribution in [0.2, 0.25) is 0 Å². The molecule has 0 saturated carbocycles. The van der Waals surface area contributed by atoms with Crippen molar-refractivity contribution >= 4 is 6.03 Å². The Labute approximate surface area is 131 Å². The Morgan fingerprint density at radius 2 is 1.91 bits per heavy atom. The molecule has 23 heavy (non-hydrogen) atoms. The first-order valence-electron chi connectivity index (χ1n) is 6.90. The SMILES string of the molecule is CN(C)C(=O)n1nnn(-c2nccn2Cc2ccccc2)c1=O. The van der Waals surface area contributed by atoms with E-state index in [9.17, 15) is 9.59 Å². The summed E-state index contributed by atoms with van der Waals surface area (Å²) in [7, 11) is 3.06. The van der Waals surface area contributed by atoms with Gasteiger partial charge >= 0.3 is 11.7 Å². The molecule has 0 spiro atoms. The first-order chi connectivity index (χ1) is 11.1. The van der Waals surface area contributed by atoms with Gasteiger partial charge in [0.1, 0.15) is 0 Å². The molecule has 9 nitrogen and oxygen atoms in total. The van der Waals surface area contributed by atoms with E-state index in [0.717, 1.165) is 10.2 Å². The molecule has 118 valence electrons. The maximum absolute atomic E-state index is 12.3. The molecule has 3 rings (SSSR count). The molecule has 1 aromatic carbocycles. The van der Waals surface area contributed by atoms with Gasteiger partial charge in [0.25, 0.3) is 0 Å². The minimum atomic E-state index is -0.663. The molecule has 0 unspecified atom stereocenters. The Balaban J connectivity index is 1.97. The van der Waals surface area contributed by atoms with Gasteiger partial charge in [-0.05, 0) is 16.0 Å². The number of rotatable bonds is 3. The number of nitrogens with zero attached hydrogens (tertiary/aromatic N) is 7. The van der Waals surface area contributed by atoms with Crippen molar-refractivity contribution in [1.82, 2.24) is 34.2 Å². The lowest BCUT2D eigenvalue weighted by Crippen LogP contribution is -2.37. The number of hydrogen-bond acceptors (Lipinski definition) is 5. The van der Waals surface area contributed by atoms with Crippen LogP contribution >= 0.6 is 0 Å². The Bertz CT molecular complexity index is 876. The summed E-state index contributed by atoms with van der Waals surface area (Å²) in [5.41, 5.74) is 0.390. The quantitative estimate of drug-likeness (QED) is 0.644. The zero-order valence-corrected chi connectivity index (χ0v) is 12.7. The van der Waals surface area contributed by atoms with Gasteiger partial charge in [0.15, 0.2) is 0 Å². The number of benzene rings is 1. The maximum Gasteiger partial charge on any atom is 0.380 e. The van der Waals surface area contributed by atoms with Crippen LogP contribution in [-0.4, -0.2) is 54.4 Å². The Morgan fingerprint density at radius 1 is 1.17 bits per heavy atom. The van der Waals surface area contributed by atoms with Gasteiger partial charge in [0, 0.05) is 26.5 Å². The monoisotopic (exact) mass is 313 g/mol. The standard InChI is InChI=1S/C14H15N7O2/c1-18(2)13(22)21-14(23)20(16-17-21)12-15-8-9-19(12)10-11-6-4-3-5-7-11/h3-9H,10H2,1-2H3. The van der Waals surface area contributed by atoms with Crippen LogP contribution in [-0.2, 0) is 6.54 Å². The molecule has 0 aliphatic heterocycles. The van der Waals surface area contributed by atoms with Crippen molar-refractivity contribution in [3.63, 3.8) is 0 Å². The second-order valence-corrected chi connectivity index (χ2v) is 5.10. The lowest BCUT2D eigenvalue weighted by molar-refractivity contribution is 0.214. The highest BCUT2D eigenvalue weighted by atomic mass is 16.2. The van der Waals surface area contributed by atoms with E-state index in [1.54, 1.807) is 17.0 Å². The summed E-state index contributed by atoms with van der Waals surface area (Å²) in [5, 5.41) is 7.36. The van der Waals surface area contributed by atoms with Gasteiger partial charge in [-0.1, -0.05) is 30.3 Å². The van der Waals surface area contributed by atoms with Crippen molar-refractivity contribution in [2.24, 2.45) is 0 Å². The molecule has 2 heterocycles. The van der Waals surface area contributed by atoms with Crippen molar-refractivity contribution in [3.05, 3.63) is 58.8 Å². The van der Waals surface area contributed by atoms with E-state index in [-0.39, 0.29) is 0 Å². The molecule has 0 bridgehead atoms. The van der Waals surface area contributed by atoms with Gasteiger partial charge in [-0.2, -0.15) is 0 Å². The van der Waals surface area contributed by atoms with Crippen molar-refractivity contribution in [3.8, 4) is 5.95 Å². The molecule has 0 saturated heterocycles. The summed E-state index contributed by atoms with van der Waals surface area (Å²) in [4.78, 5) is 29.6. The van der Waals surface area contributed by atoms with Crippen molar-refractivity contribution in [1.29, 1.82) is 0 Å². The average molecular weight is 313 g/mol. The Kier molecular flexibility index (Phi) is 3.75. The second-order valence-electron chi connectivity index (χ2n) is 5.10. The molecule has 0 fully saturated rings. The Morgan fingerprint density at radius 3 is 2.61 bits per heavy atom. The molecule has 0 aliphatic rings. The number of amides is 1. The minimum absolute atomic E-state index is 0.302. The third kappa shape index (κ3) is 2.76. The summed E-state index contributed by atoms with van der Waals surface area (Å²) in [6.07, 6.45) is 3.30. The summed E-state index contributed by atoms with van der Waals surface area (Å²) >= 11 is 0. The zero-order chi connectivity index (χ0) is 16.4. The molecule has 0 N–H and O–H groups in total. The molecule has 2 aromatic heterocycles. The first-order valence-corrected chi connectivity index (χ1v) is 6.90. The lowest BCUT2D eigenvalue weighted by atomic mass is 10.2. The van der Waals surface area contributed by atoms with E-state index in [4.69, 9.17) is 0 Å². The number of carbonyl (C=O) groups is 1. The summed E-state index contributed by atoms with van der Waals surface area (Å²) in [5.74, 6) is 0.302. The van der Waals surface area contributed by atoms with E-state index in [2.05, 4.69) is 15.4 Å². The van der Waals surface area contributed by atoms with Crippen molar-refractivity contribution in [2.75, 3.05) is 14.1 Å². The fourth-order valence-corrected chi connectivity index (χ4v) is 2.08. The topological polar surface area (TPSA) is 90.8 Å².